The van der Waals surface area contributed by atoms with Crippen molar-refractivity contribution in [2.45, 2.75) is 26.8 Å². The largest absolute Gasteiger partial charge is 0.353 e. The second-order valence-corrected chi connectivity index (χ2v) is 8.73. The molecule has 6 heteroatoms. The molecule has 0 unspecified atom stereocenters. The molecule has 6 nitrogen and oxygen atoms in total. The van der Waals surface area contributed by atoms with Gasteiger partial charge in [0.25, 0.3) is 5.91 Å². The van der Waals surface area contributed by atoms with Crippen molar-refractivity contribution in [3.05, 3.63) is 65.7 Å². The number of hydrogen-bond donors (Lipinski definition) is 1. The maximum Gasteiger partial charge on any atom is 0.254 e. The fraction of sp³-hybridized carbons (Fsp3) is 0.346. The molecule has 3 aromatic rings. The number of amides is 2. The minimum Gasteiger partial charge on any atom is -0.353 e. The summed E-state index contributed by atoms with van der Waals surface area (Å²) < 4.78 is 0. The van der Waals surface area contributed by atoms with Gasteiger partial charge in [-0.25, -0.2) is 4.98 Å². The van der Waals surface area contributed by atoms with Crippen molar-refractivity contribution in [2.24, 2.45) is 0 Å². The first-order valence-corrected chi connectivity index (χ1v) is 11.2. The highest BCUT2D eigenvalue weighted by Crippen LogP contribution is 2.26. The van der Waals surface area contributed by atoms with Gasteiger partial charge in [-0.1, -0.05) is 48.0 Å². The lowest BCUT2D eigenvalue weighted by molar-refractivity contribution is -0.123. The zero-order valence-corrected chi connectivity index (χ0v) is 19.0. The SMILES string of the molecule is Cc1ccc(-c2cc(C(=O)N3CCN(CC(=O)NC(C)C)CC3)c3ccccc3n2)cc1. The van der Waals surface area contributed by atoms with Gasteiger partial charge in [0, 0.05) is 43.2 Å². The summed E-state index contributed by atoms with van der Waals surface area (Å²) >= 11 is 0. The fourth-order valence-electron chi connectivity index (χ4n) is 4.07. The number of aryl methyl sites for hydroxylation is 1. The van der Waals surface area contributed by atoms with Crippen molar-refractivity contribution in [1.29, 1.82) is 0 Å². The smallest absolute Gasteiger partial charge is 0.254 e. The third-order valence-electron chi connectivity index (χ3n) is 5.77. The van der Waals surface area contributed by atoms with Gasteiger partial charge in [-0.3, -0.25) is 14.5 Å². The van der Waals surface area contributed by atoms with E-state index in [1.807, 2.05) is 61.2 Å². The molecule has 0 spiro atoms. The van der Waals surface area contributed by atoms with Gasteiger partial charge < -0.3 is 10.2 Å². The average molecular weight is 431 g/mol. The predicted octanol–water partition coefficient (Wildman–Crippen LogP) is 3.49. The topological polar surface area (TPSA) is 65.5 Å². The number of nitrogens with one attached hydrogen (secondary N) is 1. The molecule has 0 saturated carbocycles. The fourth-order valence-corrected chi connectivity index (χ4v) is 4.07. The van der Waals surface area contributed by atoms with Crippen LogP contribution in [0, 0.1) is 6.92 Å². The van der Waals surface area contributed by atoms with E-state index in [-0.39, 0.29) is 17.9 Å². The van der Waals surface area contributed by atoms with Crippen LogP contribution in [0.5, 0.6) is 0 Å². The molecular formula is C26H30N4O2. The van der Waals surface area contributed by atoms with Crippen molar-refractivity contribution in [2.75, 3.05) is 32.7 Å². The first-order chi connectivity index (χ1) is 15.4. The Bertz CT molecular complexity index is 1120. The van der Waals surface area contributed by atoms with Crippen molar-refractivity contribution < 1.29 is 9.59 Å². The highest BCUT2D eigenvalue weighted by atomic mass is 16.2. The lowest BCUT2D eigenvalue weighted by atomic mass is 10.0. The number of hydrogen-bond acceptors (Lipinski definition) is 4. The highest BCUT2D eigenvalue weighted by Gasteiger charge is 2.25. The zero-order valence-electron chi connectivity index (χ0n) is 19.0. The van der Waals surface area contributed by atoms with Gasteiger partial charge in [0.15, 0.2) is 0 Å². The number of fused-ring (bicyclic) bond motifs is 1. The quantitative estimate of drug-likeness (QED) is 0.673. The highest BCUT2D eigenvalue weighted by molar-refractivity contribution is 6.07. The number of rotatable bonds is 5. The summed E-state index contributed by atoms with van der Waals surface area (Å²) in [5.41, 5.74) is 4.48. The molecule has 2 amide bonds. The Morgan fingerprint density at radius 2 is 1.69 bits per heavy atom. The Balaban J connectivity index is 1.55. The zero-order chi connectivity index (χ0) is 22.7. The van der Waals surface area contributed by atoms with Gasteiger partial charge in [0.1, 0.15) is 0 Å². The van der Waals surface area contributed by atoms with E-state index in [2.05, 4.69) is 29.3 Å². The Hall–Kier alpha value is -3.25. The summed E-state index contributed by atoms with van der Waals surface area (Å²) in [4.78, 5) is 34.4. The van der Waals surface area contributed by atoms with Crippen molar-refractivity contribution >= 4 is 22.7 Å². The van der Waals surface area contributed by atoms with E-state index >= 15 is 0 Å². The van der Waals surface area contributed by atoms with E-state index in [0.29, 0.717) is 38.3 Å². The van der Waals surface area contributed by atoms with Gasteiger partial charge in [-0.05, 0) is 32.9 Å². The van der Waals surface area contributed by atoms with Crippen LogP contribution in [0.1, 0.15) is 29.8 Å². The van der Waals surface area contributed by atoms with Crippen LogP contribution in [-0.4, -0.2) is 65.4 Å². The third-order valence-corrected chi connectivity index (χ3v) is 5.77. The van der Waals surface area contributed by atoms with Crippen LogP contribution in [0.2, 0.25) is 0 Å². The van der Waals surface area contributed by atoms with E-state index in [9.17, 15) is 9.59 Å². The second-order valence-electron chi connectivity index (χ2n) is 8.73. The monoisotopic (exact) mass is 430 g/mol. The summed E-state index contributed by atoms with van der Waals surface area (Å²) in [5, 5.41) is 3.79. The van der Waals surface area contributed by atoms with Crippen LogP contribution in [0.4, 0.5) is 0 Å². The molecule has 2 aromatic carbocycles. The van der Waals surface area contributed by atoms with Crippen LogP contribution < -0.4 is 5.32 Å². The Morgan fingerprint density at radius 1 is 1.00 bits per heavy atom. The van der Waals surface area contributed by atoms with E-state index in [0.717, 1.165) is 22.2 Å². The number of pyridine rings is 1. The van der Waals surface area contributed by atoms with E-state index in [4.69, 9.17) is 4.98 Å². The second kappa shape index (κ2) is 9.49. The van der Waals surface area contributed by atoms with Crippen LogP contribution in [0.25, 0.3) is 22.2 Å². The standard InChI is InChI=1S/C26H30N4O2/c1-18(2)27-25(31)17-29-12-14-30(15-13-29)26(32)22-16-24(20-10-8-19(3)9-11-20)28-23-7-5-4-6-21(22)23/h4-11,16,18H,12-15,17H2,1-3H3,(H,27,31). The Morgan fingerprint density at radius 3 is 2.38 bits per heavy atom. The van der Waals surface area contributed by atoms with Crippen LogP contribution in [0.15, 0.2) is 54.6 Å². The molecule has 2 heterocycles. The normalized spacial score (nSPS) is 14.7. The van der Waals surface area contributed by atoms with Gasteiger partial charge >= 0.3 is 0 Å². The first kappa shape index (κ1) is 22.0. The number of aromatic nitrogens is 1. The van der Waals surface area contributed by atoms with Crippen molar-refractivity contribution in [3.8, 4) is 11.3 Å². The van der Waals surface area contributed by atoms with Gasteiger partial charge in [-0.15, -0.1) is 0 Å². The van der Waals surface area contributed by atoms with Gasteiger partial charge in [0.05, 0.1) is 23.3 Å². The predicted molar refractivity (Wildman–Crippen MR) is 128 cm³/mol. The van der Waals surface area contributed by atoms with Crippen molar-refractivity contribution in [3.63, 3.8) is 0 Å². The molecule has 1 aromatic heterocycles. The summed E-state index contributed by atoms with van der Waals surface area (Å²) in [6, 6.07) is 18.1. The van der Waals surface area contributed by atoms with Crippen LogP contribution in [0.3, 0.4) is 0 Å². The summed E-state index contributed by atoms with van der Waals surface area (Å²) in [6.45, 7) is 8.91. The number of carbonyl (C=O) groups is 2. The molecule has 1 fully saturated rings. The number of carbonyl (C=O) groups excluding carboxylic acids is 2. The molecular weight excluding hydrogens is 400 g/mol. The summed E-state index contributed by atoms with van der Waals surface area (Å²) in [7, 11) is 0. The number of para-hydroxylation sites is 1. The molecule has 0 bridgehead atoms. The van der Waals surface area contributed by atoms with E-state index in [1.165, 1.54) is 5.56 Å². The molecule has 0 aliphatic carbocycles. The number of piperazine rings is 1. The first-order valence-electron chi connectivity index (χ1n) is 11.2. The minimum absolute atomic E-state index is 0.0169. The maximum atomic E-state index is 13.5. The lowest BCUT2D eigenvalue weighted by Crippen LogP contribution is -2.51. The lowest BCUT2D eigenvalue weighted by Gasteiger charge is -2.34. The van der Waals surface area contributed by atoms with E-state index < -0.39 is 0 Å². The molecule has 1 N–H and O–H groups in total. The molecule has 0 atom stereocenters. The molecule has 1 saturated heterocycles. The number of benzene rings is 2. The molecule has 32 heavy (non-hydrogen) atoms. The average Bonchev–Trinajstić information content (AvgIpc) is 2.78. The Kier molecular flexibility index (Phi) is 6.51. The van der Waals surface area contributed by atoms with Crippen LogP contribution in [-0.2, 0) is 4.79 Å². The van der Waals surface area contributed by atoms with Gasteiger partial charge in [0.2, 0.25) is 5.91 Å². The van der Waals surface area contributed by atoms with Crippen molar-refractivity contribution in [1.82, 2.24) is 20.1 Å². The van der Waals surface area contributed by atoms with E-state index in [1.54, 1.807) is 0 Å². The molecule has 0 radical (unpaired) electrons. The minimum atomic E-state index is 0.0169. The molecule has 1 aliphatic rings. The van der Waals surface area contributed by atoms with Crippen LogP contribution >= 0.6 is 0 Å². The van der Waals surface area contributed by atoms with Gasteiger partial charge in [-0.2, -0.15) is 0 Å². The number of nitrogens with zero attached hydrogens (tertiary/aromatic N) is 3. The Labute approximate surface area is 189 Å². The summed E-state index contributed by atoms with van der Waals surface area (Å²) in [6.07, 6.45) is 0. The maximum absolute atomic E-state index is 13.5. The molecule has 1 aliphatic heterocycles. The molecule has 4 rings (SSSR count). The third kappa shape index (κ3) is 4.97. The summed E-state index contributed by atoms with van der Waals surface area (Å²) in [5.74, 6) is 0.0471. The molecule has 166 valence electrons.